The molecule has 0 aliphatic heterocycles. The second-order valence-corrected chi connectivity index (χ2v) is 5.47. The lowest BCUT2D eigenvalue weighted by Gasteiger charge is -2.10. The van der Waals surface area contributed by atoms with Crippen LogP contribution in [-0.4, -0.2) is 26.6 Å². The summed E-state index contributed by atoms with van der Waals surface area (Å²) in [6, 6.07) is 0.298. The van der Waals surface area contributed by atoms with Crippen molar-refractivity contribution in [2.24, 2.45) is 11.7 Å². The molecule has 1 unspecified atom stereocenters. The number of thioether (sulfide) groups is 1. The van der Waals surface area contributed by atoms with Gasteiger partial charge in [-0.05, 0) is 12.3 Å². The summed E-state index contributed by atoms with van der Waals surface area (Å²) >= 11 is 1.84. The smallest absolute Gasteiger partial charge is 0.138 e. The summed E-state index contributed by atoms with van der Waals surface area (Å²) in [6.45, 7) is 7.43. The van der Waals surface area contributed by atoms with Crippen molar-refractivity contribution in [3.05, 3.63) is 12.2 Å². The number of nitrogens with zero attached hydrogens (tertiary/aromatic N) is 3. The lowest BCUT2D eigenvalue weighted by atomic mass is 10.2. The standard InChI is InChI=1S/C11H22N4S/c1-4-10(12)6-16-7-11-13-8-14-15(11)5-9(2)3/h8-10H,4-7,12H2,1-3H3. The predicted octanol–water partition coefficient (Wildman–Crippen LogP) is 1.90. The first-order valence-corrected chi connectivity index (χ1v) is 6.99. The third-order valence-corrected chi connectivity index (χ3v) is 3.45. The second-order valence-electron chi connectivity index (χ2n) is 4.44. The molecular formula is C11H22N4S. The zero-order valence-electron chi connectivity index (χ0n) is 10.4. The van der Waals surface area contributed by atoms with Gasteiger partial charge < -0.3 is 5.73 Å². The van der Waals surface area contributed by atoms with Crippen LogP contribution in [0.2, 0.25) is 0 Å². The van der Waals surface area contributed by atoms with Crippen molar-refractivity contribution in [3.8, 4) is 0 Å². The monoisotopic (exact) mass is 242 g/mol. The van der Waals surface area contributed by atoms with Crippen molar-refractivity contribution in [2.45, 2.75) is 45.5 Å². The van der Waals surface area contributed by atoms with Crippen molar-refractivity contribution < 1.29 is 0 Å². The summed E-state index contributed by atoms with van der Waals surface area (Å²) in [5.41, 5.74) is 5.87. The molecule has 0 aliphatic carbocycles. The molecule has 2 N–H and O–H groups in total. The number of rotatable bonds is 7. The molecule has 92 valence electrons. The van der Waals surface area contributed by atoms with E-state index in [0.717, 1.165) is 30.3 Å². The van der Waals surface area contributed by atoms with E-state index in [1.54, 1.807) is 6.33 Å². The van der Waals surface area contributed by atoms with Crippen molar-refractivity contribution in [1.82, 2.24) is 14.8 Å². The van der Waals surface area contributed by atoms with E-state index < -0.39 is 0 Å². The molecule has 0 aliphatic rings. The summed E-state index contributed by atoms with van der Waals surface area (Å²) in [5.74, 6) is 3.55. The average Bonchev–Trinajstić information content (AvgIpc) is 2.64. The summed E-state index contributed by atoms with van der Waals surface area (Å²) < 4.78 is 2.00. The Morgan fingerprint density at radius 3 is 2.88 bits per heavy atom. The Bertz CT molecular complexity index is 298. The predicted molar refractivity (Wildman–Crippen MR) is 69.3 cm³/mol. The molecular weight excluding hydrogens is 220 g/mol. The normalized spacial score (nSPS) is 13.3. The Hall–Kier alpha value is -0.550. The van der Waals surface area contributed by atoms with Gasteiger partial charge in [0.2, 0.25) is 0 Å². The van der Waals surface area contributed by atoms with Gasteiger partial charge in [-0.25, -0.2) is 9.67 Å². The van der Waals surface area contributed by atoms with Gasteiger partial charge in [0, 0.05) is 18.3 Å². The maximum Gasteiger partial charge on any atom is 0.138 e. The Kier molecular flexibility index (Phi) is 5.84. The lowest BCUT2D eigenvalue weighted by Crippen LogP contribution is -2.21. The molecule has 0 spiro atoms. The minimum Gasteiger partial charge on any atom is -0.327 e. The molecule has 0 fully saturated rings. The Balaban J connectivity index is 2.38. The van der Waals surface area contributed by atoms with E-state index in [9.17, 15) is 0 Å². The number of hydrogen-bond acceptors (Lipinski definition) is 4. The fourth-order valence-corrected chi connectivity index (χ4v) is 2.38. The van der Waals surface area contributed by atoms with Crippen LogP contribution in [0.3, 0.4) is 0 Å². The fourth-order valence-electron chi connectivity index (χ4n) is 1.32. The quantitative estimate of drug-likeness (QED) is 0.793. The molecule has 0 radical (unpaired) electrons. The van der Waals surface area contributed by atoms with Gasteiger partial charge in [-0.2, -0.15) is 16.9 Å². The van der Waals surface area contributed by atoms with Gasteiger partial charge in [0.15, 0.2) is 0 Å². The van der Waals surface area contributed by atoms with E-state index in [1.165, 1.54) is 0 Å². The first-order chi connectivity index (χ1) is 7.63. The van der Waals surface area contributed by atoms with Crippen LogP contribution in [0.15, 0.2) is 6.33 Å². The molecule has 1 aromatic rings. The molecule has 5 heteroatoms. The van der Waals surface area contributed by atoms with Crippen LogP contribution in [-0.2, 0) is 12.3 Å². The summed E-state index contributed by atoms with van der Waals surface area (Å²) in [5, 5.41) is 4.24. The molecule has 0 aromatic carbocycles. The van der Waals surface area contributed by atoms with Crippen LogP contribution in [0, 0.1) is 5.92 Å². The van der Waals surface area contributed by atoms with E-state index >= 15 is 0 Å². The van der Waals surface area contributed by atoms with Gasteiger partial charge >= 0.3 is 0 Å². The molecule has 0 saturated heterocycles. The largest absolute Gasteiger partial charge is 0.327 e. The molecule has 1 rings (SSSR count). The maximum absolute atomic E-state index is 5.87. The molecule has 0 bridgehead atoms. The topological polar surface area (TPSA) is 56.7 Å². The van der Waals surface area contributed by atoms with E-state index in [1.807, 2.05) is 16.4 Å². The third kappa shape index (κ3) is 4.53. The van der Waals surface area contributed by atoms with Gasteiger partial charge in [-0.15, -0.1) is 0 Å². The first-order valence-electron chi connectivity index (χ1n) is 5.83. The van der Waals surface area contributed by atoms with Crippen LogP contribution in [0.5, 0.6) is 0 Å². The highest BCUT2D eigenvalue weighted by Crippen LogP contribution is 2.12. The minimum absolute atomic E-state index is 0.298. The highest BCUT2D eigenvalue weighted by molar-refractivity contribution is 7.98. The molecule has 1 atom stereocenters. The van der Waals surface area contributed by atoms with Gasteiger partial charge in [0.25, 0.3) is 0 Å². The first kappa shape index (κ1) is 13.5. The average molecular weight is 242 g/mol. The number of hydrogen-bond donors (Lipinski definition) is 1. The van der Waals surface area contributed by atoms with E-state index in [4.69, 9.17) is 5.73 Å². The number of nitrogens with two attached hydrogens (primary N) is 1. The van der Waals surface area contributed by atoms with Crippen molar-refractivity contribution >= 4 is 11.8 Å². The third-order valence-electron chi connectivity index (χ3n) is 2.32. The van der Waals surface area contributed by atoms with Gasteiger partial charge in [-0.1, -0.05) is 20.8 Å². The van der Waals surface area contributed by atoms with Crippen LogP contribution in [0.4, 0.5) is 0 Å². The molecule has 4 nitrogen and oxygen atoms in total. The molecule has 1 heterocycles. The van der Waals surface area contributed by atoms with Crippen LogP contribution < -0.4 is 5.73 Å². The lowest BCUT2D eigenvalue weighted by molar-refractivity contribution is 0.471. The zero-order chi connectivity index (χ0) is 12.0. The molecule has 0 saturated carbocycles. The number of aromatic nitrogens is 3. The van der Waals surface area contributed by atoms with E-state index in [0.29, 0.717) is 12.0 Å². The van der Waals surface area contributed by atoms with Gasteiger partial charge in [0.05, 0.1) is 5.75 Å². The summed E-state index contributed by atoms with van der Waals surface area (Å²) in [7, 11) is 0. The highest BCUT2D eigenvalue weighted by Gasteiger charge is 2.07. The minimum atomic E-state index is 0.298. The SMILES string of the molecule is CCC(N)CSCc1ncnn1CC(C)C. The Morgan fingerprint density at radius 1 is 1.50 bits per heavy atom. The fraction of sp³-hybridized carbons (Fsp3) is 0.818. The van der Waals surface area contributed by atoms with Crippen molar-refractivity contribution in [2.75, 3.05) is 5.75 Å². The zero-order valence-corrected chi connectivity index (χ0v) is 11.2. The molecule has 16 heavy (non-hydrogen) atoms. The maximum atomic E-state index is 5.87. The van der Waals surface area contributed by atoms with Crippen molar-refractivity contribution in [3.63, 3.8) is 0 Å². The van der Waals surface area contributed by atoms with Crippen molar-refractivity contribution in [1.29, 1.82) is 0 Å². The Labute approximate surface area is 102 Å². The summed E-state index contributed by atoms with van der Waals surface area (Å²) in [4.78, 5) is 4.28. The van der Waals surface area contributed by atoms with Crippen LogP contribution >= 0.6 is 11.8 Å². The summed E-state index contributed by atoms with van der Waals surface area (Å²) in [6.07, 6.45) is 2.67. The molecule has 0 amide bonds. The van der Waals surface area contributed by atoms with E-state index in [2.05, 4.69) is 30.9 Å². The highest BCUT2D eigenvalue weighted by atomic mass is 32.2. The van der Waals surface area contributed by atoms with Crippen LogP contribution in [0.25, 0.3) is 0 Å². The molecule has 1 aromatic heterocycles. The van der Waals surface area contributed by atoms with Crippen LogP contribution in [0.1, 0.15) is 33.0 Å². The Morgan fingerprint density at radius 2 is 2.25 bits per heavy atom. The van der Waals surface area contributed by atoms with E-state index in [-0.39, 0.29) is 0 Å². The van der Waals surface area contributed by atoms with Gasteiger partial charge in [-0.3, -0.25) is 0 Å². The van der Waals surface area contributed by atoms with Gasteiger partial charge in [0.1, 0.15) is 12.2 Å². The second kappa shape index (κ2) is 6.91.